The van der Waals surface area contributed by atoms with Crippen molar-refractivity contribution in [2.24, 2.45) is 7.05 Å². The molecule has 0 radical (unpaired) electrons. The molecule has 1 saturated heterocycles. The highest BCUT2D eigenvalue weighted by Gasteiger charge is 2.29. The number of rotatable bonds is 3. The lowest BCUT2D eigenvalue weighted by molar-refractivity contribution is 0.0767. The van der Waals surface area contributed by atoms with Crippen LogP contribution < -0.4 is 4.74 Å². The molecule has 5 nitrogen and oxygen atoms in total. The SMILES string of the molecule is Cn1cnc(C(=O)N2CC[C@H](Oc3ccccc3Cl)C2)c1. The van der Waals surface area contributed by atoms with Gasteiger partial charge in [-0.05, 0) is 12.1 Å². The smallest absolute Gasteiger partial charge is 0.274 e. The van der Waals surface area contributed by atoms with Crippen LogP contribution in [0.4, 0.5) is 0 Å². The van der Waals surface area contributed by atoms with E-state index in [9.17, 15) is 4.79 Å². The Bertz CT molecular complexity index is 656. The van der Waals surface area contributed by atoms with Crippen molar-refractivity contribution in [3.63, 3.8) is 0 Å². The third-order valence-electron chi connectivity index (χ3n) is 3.49. The highest BCUT2D eigenvalue weighted by atomic mass is 35.5. The maximum atomic E-state index is 12.3. The Morgan fingerprint density at radius 2 is 2.24 bits per heavy atom. The van der Waals surface area contributed by atoms with Crippen molar-refractivity contribution in [3.05, 3.63) is 47.5 Å². The Labute approximate surface area is 128 Å². The molecule has 0 saturated carbocycles. The number of halogens is 1. The highest BCUT2D eigenvalue weighted by Crippen LogP contribution is 2.26. The lowest BCUT2D eigenvalue weighted by Crippen LogP contribution is -2.31. The topological polar surface area (TPSA) is 47.4 Å². The van der Waals surface area contributed by atoms with Gasteiger partial charge < -0.3 is 14.2 Å². The number of amides is 1. The van der Waals surface area contributed by atoms with Gasteiger partial charge in [0, 0.05) is 26.2 Å². The fourth-order valence-electron chi connectivity index (χ4n) is 2.41. The molecule has 1 aromatic heterocycles. The number of carbonyl (C=O) groups is 1. The van der Waals surface area contributed by atoms with Gasteiger partial charge in [-0.1, -0.05) is 23.7 Å². The van der Waals surface area contributed by atoms with Crippen LogP contribution in [-0.2, 0) is 7.05 Å². The van der Waals surface area contributed by atoms with Crippen LogP contribution in [0.1, 0.15) is 16.9 Å². The average Bonchev–Trinajstić information content (AvgIpc) is 3.10. The maximum Gasteiger partial charge on any atom is 0.274 e. The summed E-state index contributed by atoms with van der Waals surface area (Å²) in [5.74, 6) is 0.608. The second-order valence-corrected chi connectivity index (χ2v) is 5.54. The number of ether oxygens (including phenoxy) is 1. The highest BCUT2D eigenvalue weighted by molar-refractivity contribution is 6.32. The molecule has 2 aromatic rings. The second kappa shape index (κ2) is 5.77. The first-order valence-corrected chi connectivity index (χ1v) is 7.19. The minimum atomic E-state index is -0.0548. The van der Waals surface area contributed by atoms with Crippen LogP contribution in [0.25, 0.3) is 0 Å². The zero-order chi connectivity index (χ0) is 14.8. The summed E-state index contributed by atoms with van der Waals surface area (Å²) in [5.41, 5.74) is 0.468. The van der Waals surface area contributed by atoms with Crippen LogP contribution in [0, 0.1) is 0 Å². The molecule has 0 spiro atoms. The number of carbonyl (C=O) groups excluding carboxylic acids is 1. The van der Waals surface area contributed by atoms with Crippen molar-refractivity contribution < 1.29 is 9.53 Å². The Morgan fingerprint density at radius 3 is 2.95 bits per heavy atom. The predicted molar refractivity (Wildman–Crippen MR) is 79.6 cm³/mol. The van der Waals surface area contributed by atoms with Gasteiger partial charge in [0.25, 0.3) is 5.91 Å². The van der Waals surface area contributed by atoms with Crippen molar-refractivity contribution in [1.29, 1.82) is 0 Å². The van der Waals surface area contributed by atoms with Crippen molar-refractivity contribution in [2.75, 3.05) is 13.1 Å². The zero-order valence-electron chi connectivity index (χ0n) is 11.7. The van der Waals surface area contributed by atoms with Crippen molar-refractivity contribution in [2.45, 2.75) is 12.5 Å². The molecule has 0 bridgehead atoms. The monoisotopic (exact) mass is 305 g/mol. The summed E-state index contributed by atoms with van der Waals surface area (Å²) in [6, 6.07) is 7.38. The van der Waals surface area contributed by atoms with E-state index >= 15 is 0 Å². The van der Waals surface area contributed by atoms with Gasteiger partial charge in [-0.15, -0.1) is 0 Å². The second-order valence-electron chi connectivity index (χ2n) is 5.13. The molecule has 0 N–H and O–H groups in total. The Hall–Kier alpha value is -2.01. The number of likely N-dealkylation sites (tertiary alicyclic amines) is 1. The maximum absolute atomic E-state index is 12.3. The fourth-order valence-corrected chi connectivity index (χ4v) is 2.59. The number of hydrogen-bond donors (Lipinski definition) is 0. The molecule has 0 aliphatic carbocycles. The van der Waals surface area contributed by atoms with E-state index in [1.54, 1.807) is 28.1 Å². The van der Waals surface area contributed by atoms with Gasteiger partial charge in [0.1, 0.15) is 17.5 Å². The Kier molecular flexibility index (Phi) is 3.84. The third-order valence-corrected chi connectivity index (χ3v) is 3.80. The van der Waals surface area contributed by atoms with Gasteiger partial charge in [-0.2, -0.15) is 0 Å². The first kappa shape index (κ1) is 13.9. The largest absolute Gasteiger partial charge is 0.487 e. The third kappa shape index (κ3) is 3.03. The summed E-state index contributed by atoms with van der Waals surface area (Å²) in [6.45, 7) is 1.23. The Balaban J connectivity index is 1.63. The predicted octanol–water partition coefficient (Wildman–Crippen LogP) is 2.37. The lowest BCUT2D eigenvalue weighted by Gasteiger charge is -2.16. The molecule has 0 unspecified atom stereocenters. The van der Waals surface area contributed by atoms with E-state index in [-0.39, 0.29) is 12.0 Å². The summed E-state index contributed by atoms with van der Waals surface area (Å²) >= 11 is 6.08. The number of aromatic nitrogens is 2. The van der Waals surface area contributed by atoms with Crippen molar-refractivity contribution in [3.8, 4) is 5.75 Å². The average molecular weight is 306 g/mol. The normalized spacial score (nSPS) is 18.0. The van der Waals surface area contributed by atoms with E-state index in [0.717, 1.165) is 6.42 Å². The van der Waals surface area contributed by atoms with Crippen LogP contribution in [0.5, 0.6) is 5.75 Å². The summed E-state index contributed by atoms with van der Waals surface area (Å²) in [5, 5.41) is 0.590. The van der Waals surface area contributed by atoms with Crippen LogP contribution >= 0.6 is 11.6 Å². The summed E-state index contributed by atoms with van der Waals surface area (Å²) in [7, 11) is 1.84. The zero-order valence-corrected chi connectivity index (χ0v) is 12.5. The van der Waals surface area contributed by atoms with E-state index in [0.29, 0.717) is 29.6 Å². The molecule has 1 aromatic carbocycles. The molecular formula is C15H16ClN3O2. The quantitative estimate of drug-likeness (QED) is 0.874. The molecule has 1 amide bonds. The lowest BCUT2D eigenvalue weighted by atomic mass is 10.3. The van der Waals surface area contributed by atoms with Gasteiger partial charge in [0.15, 0.2) is 0 Å². The minimum absolute atomic E-state index is 0.0300. The minimum Gasteiger partial charge on any atom is -0.487 e. The van der Waals surface area contributed by atoms with E-state index in [2.05, 4.69) is 4.98 Å². The number of hydrogen-bond acceptors (Lipinski definition) is 3. The number of para-hydroxylation sites is 1. The molecule has 3 rings (SSSR count). The van der Waals surface area contributed by atoms with Crippen LogP contribution in [0.3, 0.4) is 0 Å². The molecule has 1 aliphatic heterocycles. The van der Waals surface area contributed by atoms with Gasteiger partial charge in [-0.25, -0.2) is 4.98 Å². The van der Waals surface area contributed by atoms with Gasteiger partial charge >= 0.3 is 0 Å². The van der Waals surface area contributed by atoms with E-state index < -0.39 is 0 Å². The van der Waals surface area contributed by atoms with Gasteiger partial charge in [-0.3, -0.25) is 4.79 Å². The fraction of sp³-hybridized carbons (Fsp3) is 0.333. The van der Waals surface area contributed by atoms with E-state index in [4.69, 9.17) is 16.3 Å². The molecule has 1 fully saturated rings. The number of nitrogens with zero attached hydrogens (tertiary/aromatic N) is 3. The van der Waals surface area contributed by atoms with Crippen LogP contribution in [0.2, 0.25) is 5.02 Å². The molecule has 2 heterocycles. The standard InChI is InChI=1S/C15H16ClN3O2/c1-18-9-13(17-10-18)15(20)19-7-6-11(8-19)21-14-5-3-2-4-12(14)16/h2-5,9-11H,6-8H2,1H3/t11-/m0/s1. The van der Waals surface area contributed by atoms with Gasteiger partial charge in [0.2, 0.25) is 0 Å². The number of imidazole rings is 1. The summed E-state index contributed by atoms with van der Waals surface area (Å²) in [4.78, 5) is 18.2. The molecular weight excluding hydrogens is 290 g/mol. The van der Waals surface area contributed by atoms with Crippen LogP contribution in [-0.4, -0.2) is 39.6 Å². The summed E-state index contributed by atoms with van der Waals surface area (Å²) in [6.07, 6.45) is 4.12. The van der Waals surface area contributed by atoms with Crippen molar-refractivity contribution >= 4 is 17.5 Å². The summed E-state index contributed by atoms with van der Waals surface area (Å²) < 4.78 is 7.64. The Morgan fingerprint density at radius 1 is 1.43 bits per heavy atom. The number of benzene rings is 1. The van der Waals surface area contributed by atoms with Crippen molar-refractivity contribution in [1.82, 2.24) is 14.5 Å². The molecule has 110 valence electrons. The first-order chi connectivity index (χ1) is 10.1. The van der Waals surface area contributed by atoms with Crippen LogP contribution in [0.15, 0.2) is 36.8 Å². The van der Waals surface area contributed by atoms with E-state index in [1.165, 1.54) is 0 Å². The molecule has 6 heteroatoms. The van der Waals surface area contributed by atoms with Gasteiger partial charge in [0.05, 0.1) is 17.9 Å². The molecule has 21 heavy (non-hydrogen) atoms. The first-order valence-electron chi connectivity index (χ1n) is 6.82. The number of aryl methyl sites for hydroxylation is 1. The van der Waals surface area contributed by atoms with E-state index in [1.807, 2.05) is 25.2 Å². The molecule has 1 aliphatic rings. The molecule has 1 atom stereocenters.